The molecule has 0 aliphatic rings. The fourth-order valence-corrected chi connectivity index (χ4v) is 1.84. The minimum atomic E-state index is -0.639. The van der Waals surface area contributed by atoms with E-state index in [0.29, 0.717) is 21.8 Å². The zero-order chi connectivity index (χ0) is 17.4. The van der Waals surface area contributed by atoms with Crippen LogP contribution >= 0.6 is 11.6 Å². The maximum absolute atomic E-state index is 12.0. The van der Waals surface area contributed by atoms with E-state index in [2.05, 4.69) is 15.5 Å². The number of carbonyl (C=O) groups is 2. The van der Waals surface area contributed by atoms with Crippen LogP contribution in [0.15, 0.2) is 53.8 Å². The van der Waals surface area contributed by atoms with Crippen LogP contribution in [0, 0.1) is 0 Å². The normalized spacial score (nSPS) is 10.9. The molecule has 2 amide bonds. The number of hydrazone groups is 1. The predicted octanol–water partition coefficient (Wildman–Crippen LogP) is 2.02. The summed E-state index contributed by atoms with van der Waals surface area (Å²) >= 11 is 5.87. The summed E-state index contributed by atoms with van der Waals surface area (Å²) in [5.41, 5.74) is 5.55. The molecule has 0 unspecified atom stereocenters. The second-order valence-corrected chi connectivity index (χ2v) is 4.87. The van der Waals surface area contributed by atoms with Gasteiger partial charge in [-0.15, -0.1) is 0 Å². The number of amides is 2. The lowest BCUT2D eigenvalue weighted by atomic mass is 10.1. The third-order valence-corrected chi connectivity index (χ3v) is 3.18. The van der Waals surface area contributed by atoms with E-state index in [0.717, 1.165) is 6.08 Å². The van der Waals surface area contributed by atoms with Crippen molar-refractivity contribution in [3.8, 4) is 0 Å². The van der Waals surface area contributed by atoms with Crippen LogP contribution in [0.25, 0.3) is 6.08 Å². The molecule has 1 heterocycles. The smallest absolute Gasteiger partial charge is 0.271 e. The molecule has 0 aliphatic heterocycles. The summed E-state index contributed by atoms with van der Waals surface area (Å²) in [5.74, 6) is -1.03. The summed E-state index contributed by atoms with van der Waals surface area (Å²) < 4.78 is 0. The molecule has 3 N–H and O–H groups in total. The van der Waals surface area contributed by atoms with Crippen molar-refractivity contribution in [2.75, 3.05) is 0 Å². The highest BCUT2D eigenvalue weighted by Crippen LogP contribution is 2.09. The molecule has 122 valence electrons. The van der Waals surface area contributed by atoms with Crippen LogP contribution in [0.4, 0.5) is 0 Å². The molecule has 24 heavy (non-hydrogen) atoms. The number of benzene rings is 1. The Morgan fingerprint density at radius 2 is 1.96 bits per heavy atom. The Labute approximate surface area is 142 Å². The largest absolute Gasteiger partial charge is 0.288 e. The van der Waals surface area contributed by atoms with Gasteiger partial charge >= 0.3 is 0 Å². The number of hydrogen-bond acceptors (Lipinski definition) is 5. The van der Waals surface area contributed by atoms with Gasteiger partial charge in [0, 0.05) is 23.4 Å². The molecule has 8 heteroatoms. The number of pyridine rings is 1. The van der Waals surface area contributed by atoms with Gasteiger partial charge < -0.3 is 0 Å². The third-order valence-electron chi connectivity index (χ3n) is 2.87. The number of nitrogens with one attached hydrogen (secondary N) is 2. The average molecular weight is 345 g/mol. The van der Waals surface area contributed by atoms with E-state index < -0.39 is 11.8 Å². The molecule has 7 nitrogen and oxygen atoms in total. The first-order valence-electron chi connectivity index (χ1n) is 6.76. The molecule has 1 aromatic carbocycles. The van der Waals surface area contributed by atoms with Crippen molar-refractivity contribution in [1.82, 2.24) is 15.9 Å². The standard InChI is InChI=1S/C16H13ClN4O3/c17-15-13(2-1-9-18-15)10-19-20-16(23)12-6-3-11(4-7-12)5-8-14(22)21-24/h1-10,24H,(H,20,23)(H,21,22)/b8-5+,19-10+. The molecule has 2 rings (SSSR count). The van der Waals surface area contributed by atoms with Gasteiger partial charge in [-0.2, -0.15) is 5.10 Å². The minimum Gasteiger partial charge on any atom is -0.288 e. The molecule has 0 atom stereocenters. The summed E-state index contributed by atoms with van der Waals surface area (Å²) in [6.07, 6.45) is 5.61. The first kappa shape index (κ1) is 17.3. The predicted molar refractivity (Wildman–Crippen MR) is 89.7 cm³/mol. The first-order valence-corrected chi connectivity index (χ1v) is 7.14. The summed E-state index contributed by atoms with van der Waals surface area (Å²) in [6, 6.07) is 9.89. The summed E-state index contributed by atoms with van der Waals surface area (Å²) in [6.45, 7) is 0. The lowest BCUT2D eigenvalue weighted by Crippen LogP contribution is -2.17. The zero-order valence-corrected chi connectivity index (χ0v) is 13.1. The van der Waals surface area contributed by atoms with Gasteiger partial charge in [-0.25, -0.2) is 15.9 Å². The number of carbonyl (C=O) groups excluding carboxylic acids is 2. The van der Waals surface area contributed by atoms with E-state index in [1.54, 1.807) is 42.6 Å². The van der Waals surface area contributed by atoms with E-state index in [4.69, 9.17) is 16.8 Å². The zero-order valence-electron chi connectivity index (χ0n) is 12.3. The Bertz CT molecular complexity index is 788. The van der Waals surface area contributed by atoms with Gasteiger partial charge in [0.25, 0.3) is 11.8 Å². The molecule has 1 aromatic heterocycles. The van der Waals surface area contributed by atoms with Crippen LogP contribution in [0.2, 0.25) is 5.15 Å². The van der Waals surface area contributed by atoms with Crippen molar-refractivity contribution < 1.29 is 14.8 Å². The van der Waals surface area contributed by atoms with Crippen molar-refractivity contribution in [1.29, 1.82) is 0 Å². The van der Waals surface area contributed by atoms with Crippen molar-refractivity contribution in [3.63, 3.8) is 0 Å². The molecule has 2 aromatic rings. The Balaban J connectivity index is 1.96. The van der Waals surface area contributed by atoms with Crippen LogP contribution in [0.5, 0.6) is 0 Å². The van der Waals surface area contributed by atoms with Crippen LogP contribution in [0.1, 0.15) is 21.5 Å². The van der Waals surface area contributed by atoms with Gasteiger partial charge in [0.15, 0.2) is 0 Å². The number of hydrogen-bond donors (Lipinski definition) is 3. The molecular weight excluding hydrogens is 332 g/mol. The Kier molecular flexibility index (Phi) is 6.18. The number of hydroxylamine groups is 1. The van der Waals surface area contributed by atoms with Gasteiger partial charge in [0.1, 0.15) is 5.15 Å². The van der Waals surface area contributed by atoms with Crippen molar-refractivity contribution in [2.24, 2.45) is 5.10 Å². The monoisotopic (exact) mass is 344 g/mol. The number of halogens is 1. The lowest BCUT2D eigenvalue weighted by Gasteiger charge is -2.01. The van der Waals surface area contributed by atoms with E-state index in [1.807, 2.05) is 0 Å². The lowest BCUT2D eigenvalue weighted by molar-refractivity contribution is -0.124. The SMILES string of the molecule is O=C(/C=C/c1ccc(C(=O)N/N=C/c2cccnc2Cl)cc1)NO. The quantitative estimate of drug-likeness (QED) is 0.254. The number of nitrogens with zero attached hydrogens (tertiary/aromatic N) is 2. The number of rotatable bonds is 5. The van der Waals surface area contributed by atoms with Crippen LogP contribution in [-0.2, 0) is 4.79 Å². The van der Waals surface area contributed by atoms with Gasteiger partial charge in [-0.05, 0) is 35.9 Å². The number of aromatic nitrogens is 1. The van der Waals surface area contributed by atoms with Crippen LogP contribution in [0.3, 0.4) is 0 Å². The van der Waals surface area contributed by atoms with Gasteiger partial charge in [0.2, 0.25) is 0 Å². The van der Waals surface area contributed by atoms with E-state index in [1.165, 1.54) is 17.8 Å². The fourth-order valence-electron chi connectivity index (χ4n) is 1.67. The van der Waals surface area contributed by atoms with Crippen LogP contribution < -0.4 is 10.9 Å². The highest BCUT2D eigenvalue weighted by molar-refractivity contribution is 6.31. The highest BCUT2D eigenvalue weighted by atomic mass is 35.5. The summed E-state index contributed by atoms with van der Waals surface area (Å²) in [4.78, 5) is 26.7. The maximum Gasteiger partial charge on any atom is 0.271 e. The molecule has 0 saturated heterocycles. The molecule has 0 fully saturated rings. The van der Waals surface area contributed by atoms with Gasteiger partial charge in [0.05, 0.1) is 6.21 Å². The molecule has 0 bridgehead atoms. The van der Waals surface area contributed by atoms with Crippen molar-refractivity contribution in [3.05, 3.63) is 70.5 Å². The first-order chi connectivity index (χ1) is 11.6. The third kappa shape index (κ3) is 5.01. The van der Waals surface area contributed by atoms with E-state index in [9.17, 15) is 9.59 Å². The molecule has 0 saturated carbocycles. The Morgan fingerprint density at radius 1 is 1.21 bits per heavy atom. The summed E-state index contributed by atoms with van der Waals surface area (Å²) in [7, 11) is 0. The van der Waals surface area contributed by atoms with E-state index >= 15 is 0 Å². The fraction of sp³-hybridized carbons (Fsp3) is 0. The molecule has 0 aliphatic carbocycles. The molecule has 0 spiro atoms. The average Bonchev–Trinajstić information content (AvgIpc) is 2.61. The molecular formula is C16H13ClN4O3. The molecule has 0 radical (unpaired) electrons. The van der Waals surface area contributed by atoms with Crippen molar-refractivity contribution >= 4 is 35.7 Å². The van der Waals surface area contributed by atoms with Crippen LogP contribution in [-0.4, -0.2) is 28.2 Å². The summed E-state index contributed by atoms with van der Waals surface area (Å²) in [5, 5.41) is 12.5. The second-order valence-electron chi connectivity index (χ2n) is 4.51. The van der Waals surface area contributed by atoms with Crippen molar-refractivity contribution in [2.45, 2.75) is 0 Å². The second kappa shape index (κ2) is 8.56. The van der Waals surface area contributed by atoms with Gasteiger partial charge in [-0.3, -0.25) is 14.8 Å². The van der Waals surface area contributed by atoms with E-state index in [-0.39, 0.29) is 0 Å². The highest BCUT2D eigenvalue weighted by Gasteiger charge is 2.03. The Morgan fingerprint density at radius 3 is 2.62 bits per heavy atom. The maximum atomic E-state index is 12.0. The topological polar surface area (TPSA) is 104 Å². The minimum absolute atomic E-state index is 0.290. The van der Waals surface area contributed by atoms with Gasteiger partial charge in [-0.1, -0.05) is 23.7 Å². The Hall–Kier alpha value is -3.03.